The van der Waals surface area contributed by atoms with Gasteiger partial charge in [0.05, 0.1) is 13.2 Å². The van der Waals surface area contributed by atoms with Crippen LogP contribution in [0.1, 0.15) is 206 Å². The van der Waals surface area contributed by atoms with Crippen molar-refractivity contribution in [2.75, 3.05) is 19.8 Å². The van der Waals surface area contributed by atoms with Crippen LogP contribution >= 0.6 is 0 Å². The Morgan fingerprint density at radius 2 is 0.968 bits per heavy atom. The molecule has 2 unspecified atom stereocenters. The van der Waals surface area contributed by atoms with Gasteiger partial charge in [0.1, 0.15) is 31.0 Å². The number of ether oxygens (including phenoxy) is 4. The molecule has 1 saturated heterocycles. The molecule has 0 aromatic rings. The Bertz CT molecular complexity index is 1210. The summed E-state index contributed by atoms with van der Waals surface area (Å²) in [5, 5.41) is 40.2. The second-order valence-electron chi connectivity index (χ2n) is 17.3. The Kier molecular flexibility index (Phi) is 40.2. The first-order valence-corrected chi connectivity index (χ1v) is 25.4. The number of carbonyl (C=O) groups is 2. The van der Waals surface area contributed by atoms with E-state index in [1.165, 1.54) is 116 Å². The van der Waals surface area contributed by atoms with E-state index in [9.17, 15) is 30.0 Å². The molecular formula is C53H92O10. The Hall–Kier alpha value is -2.60. The summed E-state index contributed by atoms with van der Waals surface area (Å²) in [5.74, 6) is -0.870. The van der Waals surface area contributed by atoms with Gasteiger partial charge >= 0.3 is 11.9 Å². The molecule has 4 N–H and O–H groups in total. The monoisotopic (exact) mass is 889 g/mol. The summed E-state index contributed by atoms with van der Waals surface area (Å²) in [4.78, 5) is 25.4. The first-order valence-electron chi connectivity index (χ1n) is 25.4. The Morgan fingerprint density at radius 1 is 0.508 bits per heavy atom. The van der Waals surface area contributed by atoms with Gasteiger partial charge in [0, 0.05) is 12.8 Å². The summed E-state index contributed by atoms with van der Waals surface area (Å²) in [7, 11) is 0. The van der Waals surface area contributed by atoms with E-state index in [4.69, 9.17) is 18.9 Å². The van der Waals surface area contributed by atoms with Gasteiger partial charge < -0.3 is 39.4 Å². The molecular weight excluding hydrogens is 797 g/mol. The zero-order valence-electron chi connectivity index (χ0n) is 39.8. The maximum Gasteiger partial charge on any atom is 0.306 e. The Balaban J connectivity index is 2.26. The molecule has 1 aliphatic rings. The van der Waals surface area contributed by atoms with E-state index in [1.807, 2.05) is 30.4 Å². The standard InChI is InChI=1S/C53H92O10/c1-3-5-7-9-11-13-15-17-19-20-21-22-23-24-25-26-28-29-31-33-35-37-39-41-48(55)60-44-46(45-61-53-52(59)51(58)50(57)47(43-54)63-53)62-49(56)42-40-38-36-34-32-30-27-18-16-14-12-10-8-6-4-2/h6,8,10,12,14,16,18,27,33,35,46-47,50-54,57-59H,3-5,7,9,11,13,15,17,19-26,28-32,34,36-45H2,1-2H3/b8-6+,12-10+,16-14+,27-18+,35-33+/t46-,47-,50+,51?,52?,53-/m0/s1. The number of hydrogen-bond donors (Lipinski definition) is 4. The second kappa shape index (κ2) is 43.3. The number of hydrogen-bond acceptors (Lipinski definition) is 10. The third-order valence-electron chi connectivity index (χ3n) is 11.5. The van der Waals surface area contributed by atoms with Crippen LogP contribution in [0.25, 0.3) is 0 Å². The van der Waals surface area contributed by atoms with Crippen molar-refractivity contribution in [2.24, 2.45) is 0 Å². The number of aliphatic hydroxyl groups excluding tert-OH is 4. The molecule has 0 amide bonds. The highest BCUT2D eigenvalue weighted by Gasteiger charge is 2.44. The normalized spacial score (nSPS) is 20.0. The first-order chi connectivity index (χ1) is 30.8. The van der Waals surface area contributed by atoms with Crippen molar-refractivity contribution in [1.82, 2.24) is 0 Å². The Morgan fingerprint density at radius 3 is 1.51 bits per heavy atom. The van der Waals surface area contributed by atoms with Crippen molar-refractivity contribution < 1.29 is 49.0 Å². The molecule has 1 aliphatic heterocycles. The summed E-state index contributed by atoms with van der Waals surface area (Å²) in [5.41, 5.74) is 0. The minimum Gasteiger partial charge on any atom is -0.462 e. The van der Waals surface area contributed by atoms with Crippen LogP contribution in [0.2, 0.25) is 0 Å². The molecule has 6 atom stereocenters. The minimum absolute atomic E-state index is 0.196. The molecule has 1 heterocycles. The zero-order valence-corrected chi connectivity index (χ0v) is 39.8. The van der Waals surface area contributed by atoms with Crippen molar-refractivity contribution in [2.45, 2.75) is 243 Å². The van der Waals surface area contributed by atoms with Gasteiger partial charge in [0.25, 0.3) is 0 Å². The second-order valence-corrected chi connectivity index (χ2v) is 17.3. The maximum absolute atomic E-state index is 12.8. The molecule has 1 rings (SSSR count). The topological polar surface area (TPSA) is 152 Å². The van der Waals surface area contributed by atoms with E-state index < -0.39 is 55.4 Å². The maximum atomic E-state index is 12.8. The lowest BCUT2D eigenvalue weighted by molar-refractivity contribution is -0.305. The van der Waals surface area contributed by atoms with Crippen LogP contribution in [0.15, 0.2) is 60.8 Å². The molecule has 0 spiro atoms. The van der Waals surface area contributed by atoms with Gasteiger partial charge in [-0.05, 0) is 51.4 Å². The van der Waals surface area contributed by atoms with Gasteiger partial charge in [0.15, 0.2) is 12.4 Å². The van der Waals surface area contributed by atoms with Gasteiger partial charge in [-0.25, -0.2) is 0 Å². The molecule has 1 fully saturated rings. The predicted molar refractivity (Wildman–Crippen MR) is 256 cm³/mol. The quantitative estimate of drug-likeness (QED) is 0.0202. The predicted octanol–water partition coefficient (Wildman–Crippen LogP) is 11.8. The van der Waals surface area contributed by atoms with Gasteiger partial charge in [-0.15, -0.1) is 0 Å². The smallest absolute Gasteiger partial charge is 0.306 e. The number of allylic oxidation sites excluding steroid dienone is 10. The number of rotatable bonds is 42. The lowest BCUT2D eigenvalue weighted by atomic mass is 9.99. The van der Waals surface area contributed by atoms with Crippen LogP contribution < -0.4 is 0 Å². The first kappa shape index (κ1) is 58.4. The van der Waals surface area contributed by atoms with E-state index in [2.05, 4.69) is 44.2 Å². The van der Waals surface area contributed by atoms with E-state index in [0.717, 1.165) is 51.4 Å². The fourth-order valence-corrected chi connectivity index (χ4v) is 7.50. The summed E-state index contributed by atoms with van der Waals surface area (Å²) < 4.78 is 22.2. The van der Waals surface area contributed by atoms with Gasteiger partial charge in [-0.3, -0.25) is 9.59 Å². The fourth-order valence-electron chi connectivity index (χ4n) is 7.50. The molecule has 63 heavy (non-hydrogen) atoms. The van der Waals surface area contributed by atoms with Crippen LogP contribution in [0.3, 0.4) is 0 Å². The molecule has 10 nitrogen and oxygen atoms in total. The van der Waals surface area contributed by atoms with Crippen molar-refractivity contribution in [3.05, 3.63) is 60.8 Å². The highest BCUT2D eigenvalue weighted by atomic mass is 16.7. The van der Waals surface area contributed by atoms with Gasteiger partial charge in [-0.1, -0.05) is 203 Å². The van der Waals surface area contributed by atoms with E-state index in [0.29, 0.717) is 12.8 Å². The van der Waals surface area contributed by atoms with Crippen LogP contribution in [0.5, 0.6) is 0 Å². The molecule has 0 aromatic carbocycles. The molecule has 0 aliphatic carbocycles. The molecule has 0 saturated carbocycles. The number of carbonyl (C=O) groups excluding carboxylic acids is 2. The van der Waals surface area contributed by atoms with Crippen LogP contribution in [-0.4, -0.2) is 89.0 Å². The third kappa shape index (κ3) is 34.4. The number of unbranched alkanes of at least 4 members (excludes halogenated alkanes) is 24. The van der Waals surface area contributed by atoms with E-state index in [-0.39, 0.29) is 26.1 Å². The Labute approximate surface area is 383 Å². The van der Waals surface area contributed by atoms with E-state index in [1.54, 1.807) is 0 Å². The lowest BCUT2D eigenvalue weighted by Gasteiger charge is -2.39. The molecule has 10 heteroatoms. The number of esters is 2. The van der Waals surface area contributed by atoms with Crippen molar-refractivity contribution in [3.8, 4) is 0 Å². The van der Waals surface area contributed by atoms with Crippen LogP contribution in [0.4, 0.5) is 0 Å². The molecule has 0 aromatic heterocycles. The van der Waals surface area contributed by atoms with Crippen LogP contribution in [0, 0.1) is 0 Å². The summed E-state index contributed by atoms with van der Waals surface area (Å²) in [6.45, 7) is 3.25. The SMILES string of the molecule is CC/C=C/C=C/C=C/C=C/CCCCCCCC(=O)O[C@@H](COC(=O)CCC/C=C/CCCCCCCCCCCCCCCCCCCC)CO[C@H]1O[C@@H](CO)[C@@H](O)C(O)C1O. The van der Waals surface area contributed by atoms with Crippen LogP contribution in [-0.2, 0) is 28.5 Å². The number of aliphatic hydroxyl groups is 4. The van der Waals surface area contributed by atoms with Crippen molar-refractivity contribution >= 4 is 11.9 Å². The third-order valence-corrected chi connectivity index (χ3v) is 11.5. The molecule has 0 radical (unpaired) electrons. The summed E-state index contributed by atoms with van der Waals surface area (Å²) >= 11 is 0. The van der Waals surface area contributed by atoms with Crippen molar-refractivity contribution in [1.29, 1.82) is 0 Å². The fraction of sp³-hybridized carbons (Fsp3) is 0.774. The van der Waals surface area contributed by atoms with Gasteiger partial charge in [-0.2, -0.15) is 0 Å². The highest BCUT2D eigenvalue weighted by molar-refractivity contribution is 5.70. The minimum atomic E-state index is -1.61. The highest BCUT2D eigenvalue weighted by Crippen LogP contribution is 2.23. The van der Waals surface area contributed by atoms with E-state index >= 15 is 0 Å². The average molecular weight is 889 g/mol. The molecule has 364 valence electrons. The summed E-state index contributed by atoms with van der Waals surface area (Å²) in [6, 6.07) is 0. The average Bonchev–Trinajstić information content (AvgIpc) is 3.28. The molecule has 0 bridgehead atoms. The largest absolute Gasteiger partial charge is 0.462 e. The zero-order chi connectivity index (χ0) is 45.9. The van der Waals surface area contributed by atoms with Gasteiger partial charge in [0.2, 0.25) is 0 Å². The lowest BCUT2D eigenvalue weighted by Crippen LogP contribution is -2.59. The summed E-state index contributed by atoms with van der Waals surface area (Å²) in [6.07, 6.45) is 46.7. The van der Waals surface area contributed by atoms with Crippen molar-refractivity contribution in [3.63, 3.8) is 0 Å².